The Kier molecular flexibility index (Phi) is 25.1. The predicted octanol–water partition coefficient (Wildman–Crippen LogP) is 4.86. The number of ketones is 1. The molecule has 12 rings (SSSR count). The number of methoxy groups -OCH3 is 2. The lowest BCUT2D eigenvalue weighted by atomic mass is 10.1. The quantitative estimate of drug-likeness (QED) is 0.0176. The molecule has 0 aliphatic heterocycles. The molecule has 0 aliphatic carbocycles. The topological polar surface area (TPSA) is 640 Å². The van der Waals surface area contributed by atoms with Gasteiger partial charge in [-0.25, -0.2) is 64.2 Å². The van der Waals surface area contributed by atoms with Crippen LogP contribution < -0.4 is 76.2 Å². The number of esters is 2. The number of aromatic nitrogens is 16. The third-order valence-electron chi connectivity index (χ3n) is 14.5. The van der Waals surface area contributed by atoms with E-state index in [-0.39, 0.29) is 88.6 Å². The molecule has 8 aromatic heterocycles. The number of carboxylic acid groups (broad SMARTS) is 1. The molecule has 108 heavy (non-hydrogen) atoms. The molecule has 40 nitrogen and oxygen atoms in total. The van der Waals surface area contributed by atoms with Gasteiger partial charge in [-0.15, -0.1) is 0 Å². The SMILES string of the molecule is C=C(O)c1ccc(NCc2cnc3nc(N)nc(N)c3n2)cc1OCC(=O)O.CC(=O)/C(O)=C/c1ccc(NCc2cnc3nc(N)nc(N)c3n2)cc1.COC(=O)COc1cc(NCc2cnc3nc(C)nc(N)c3n2)ccc1C(=O)OC.CP(=O)(O)c1ccc(NCc2cnc3nc(N)nc(N)c3n2)cc1. The summed E-state index contributed by atoms with van der Waals surface area (Å²) in [6.45, 7) is 8.28. The Morgan fingerprint density at radius 1 is 0.491 bits per heavy atom. The summed E-state index contributed by atoms with van der Waals surface area (Å²) in [4.78, 5) is 121. The first-order valence-electron chi connectivity index (χ1n) is 31.6. The van der Waals surface area contributed by atoms with E-state index in [0.29, 0.717) is 115 Å². The summed E-state index contributed by atoms with van der Waals surface area (Å²) in [5.74, 6) is -1.45. The lowest BCUT2D eigenvalue weighted by molar-refractivity contribution is -0.143. The molecule has 1 unspecified atom stereocenters. The minimum atomic E-state index is -3.24. The fraction of sp³-hybridized carbons (Fsp3) is 0.164. The summed E-state index contributed by atoms with van der Waals surface area (Å²) < 4.78 is 31.5. The summed E-state index contributed by atoms with van der Waals surface area (Å²) in [7, 11) is -0.738. The van der Waals surface area contributed by atoms with Crippen molar-refractivity contribution >= 4 is 157 Å². The van der Waals surface area contributed by atoms with Gasteiger partial charge in [0.2, 0.25) is 25.2 Å². The molecule has 8 heterocycles. The minimum Gasteiger partial charge on any atom is -0.508 e. The number of Topliss-reactive ketones (excluding diaryl/α,β-unsaturated/α-hetero) is 1. The second-order valence-corrected chi connectivity index (χ2v) is 24.9. The van der Waals surface area contributed by atoms with Crippen molar-refractivity contribution in [3.05, 3.63) is 167 Å². The molecule has 0 amide bonds. The standard InChI is InChI=1S/C19H20N6O5.C17H17N7O4.C17H17N7O2.C14H16N7O2P/c1-10-23-17(20)16-18(24-10)22-8-12(25-16)7-21-11-4-5-13(19(27)29-3)14(6-11)30-9-15(26)28-2;1-8(25)11-3-2-9(4-12(11)28-7-13(26)27)20-5-10-6-21-16-14(22-10)15(18)23-17(19)24-16;1-9(25)13(26)6-10-2-4-11(5-3-10)20-7-12-8-21-16-14(22-12)15(18)23-17(19)24-16;1-24(22,23)10-4-2-8(3-5-10)17-6-9-7-18-13-11(19-9)12(15)20-14(16)21-13/h4-6,8,21H,7,9H2,1-3H3,(H2,20,22,23,24);2-4,6,20,25H,1,5,7H2,(H,26,27)(H4,18,19,21,23,24);2-6,8,20,26H,7H2,1H3,(H4,18,19,21,23,24);2-5,7,17H,6H2,1H3,(H,22,23)(H4,15,16,18,20,21)/b;;13-6-;. The first-order valence-corrected chi connectivity index (χ1v) is 33.7. The second kappa shape index (κ2) is 35.0. The van der Waals surface area contributed by atoms with Crippen LogP contribution in [0.4, 0.5) is 63.9 Å². The molecule has 1 atom stereocenters. The summed E-state index contributed by atoms with van der Waals surface area (Å²) in [5.41, 5.74) is 49.4. The predicted molar refractivity (Wildman–Crippen MR) is 402 cm³/mol. The number of carbonyl (C=O) groups is 4. The number of nitrogens with one attached hydrogen (secondary N) is 4. The van der Waals surface area contributed by atoms with Gasteiger partial charge in [0.1, 0.15) is 28.6 Å². The molecular formula is C67H70N27O13P. The van der Waals surface area contributed by atoms with E-state index in [4.69, 9.17) is 59.5 Å². The van der Waals surface area contributed by atoms with Crippen LogP contribution in [0.2, 0.25) is 0 Å². The summed E-state index contributed by atoms with van der Waals surface area (Å²) in [6, 6.07) is 23.5. The van der Waals surface area contributed by atoms with Crippen LogP contribution in [0.25, 0.3) is 56.5 Å². The highest BCUT2D eigenvalue weighted by Gasteiger charge is 2.19. The summed E-state index contributed by atoms with van der Waals surface area (Å²) in [6.07, 6.45) is 7.67. The van der Waals surface area contributed by atoms with E-state index in [2.05, 4.69) is 112 Å². The molecule has 12 aromatic rings. The number of rotatable bonds is 23. The highest BCUT2D eigenvalue weighted by atomic mass is 31.2. The Morgan fingerprint density at radius 3 is 1.25 bits per heavy atom. The summed E-state index contributed by atoms with van der Waals surface area (Å²) >= 11 is 0. The van der Waals surface area contributed by atoms with Gasteiger partial charge in [0.15, 0.2) is 92.7 Å². The van der Waals surface area contributed by atoms with E-state index in [9.17, 15) is 38.8 Å². The van der Waals surface area contributed by atoms with Crippen molar-refractivity contribution in [1.82, 2.24) is 79.7 Å². The van der Waals surface area contributed by atoms with E-state index >= 15 is 0 Å². The molecule has 0 radical (unpaired) electrons. The fourth-order valence-corrected chi connectivity index (χ4v) is 10.0. The smallest absolute Gasteiger partial charge is 0.343 e. The molecular weight excluding hydrogens is 1420 g/mol. The number of carboxylic acids is 1. The summed E-state index contributed by atoms with van der Waals surface area (Å²) in [5, 5.41) is 40.9. The van der Waals surface area contributed by atoms with Crippen LogP contribution in [-0.2, 0) is 54.6 Å². The molecule has 4 aromatic carbocycles. The number of fused-ring (bicyclic) bond motifs is 4. The van der Waals surface area contributed by atoms with Gasteiger partial charge in [0, 0.05) is 53.8 Å². The van der Waals surface area contributed by atoms with Gasteiger partial charge < -0.3 is 101 Å². The van der Waals surface area contributed by atoms with Gasteiger partial charge in [-0.3, -0.25) is 9.36 Å². The number of nitrogens with two attached hydrogens (primary N) is 7. The number of hydrogen-bond donors (Lipinski definition) is 15. The number of benzene rings is 4. The van der Waals surface area contributed by atoms with Gasteiger partial charge in [-0.05, 0) is 79.2 Å². The average Bonchev–Trinajstić information content (AvgIpc) is 0.824. The van der Waals surface area contributed by atoms with E-state index < -0.39 is 31.9 Å². The van der Waals surface area contributed by atoms with Crippen molar-refractivity contribution in [3.8, 4) is 11.5 Å². The zero-order chi connectivity index (χ0) is 77.9. The van der Waals surface area contributed by atoms with Crippen molar-refractivity contribution < 1.29 is 62.9 Å². The van der Waals surface area contributed by atoms with E-state index in [1.165, 1.54) is 46.1 Å². The van der Waals surface area contributed by atoms with Crippen LogP contribution in [0.1, 0.15) is 57.0 Å². The lowest BCUT2D eigenvalue weighted by Gasteiger charge is -2.13. The Morgan fingerprint density at radius 2 is 0.861 bits per heavy atom. The van der Waals surface area contributed by atoms with Crippen LogP contribution in [-0.4, -0.2) is 158 Å². The third-order valence-corrected chi connectivity index (χ3v) is 15.8. The zero-order valence-electron chi connectivity index (χ0n) is 58.0. The van der Waals surface area contributed by atoms with Gasteiger partial charge in [0.05, 0.1) is 93.5 Å². The molecule has 41 heteroatoms. The van der Waals surface area contributed by atoms with Crippen LogP contribution in [0, 0.1) is 6.92 Å². The van der Waals surface area contributed by atoms with Crippen molar-refractivity contribution in [2.24, 2.45) is 0 Å². The number of anilines is 11. The van der Waals surface area contributed by atoms with Crippen molar-refractivity contribution in [2.45, 2.75) is 40.0 Å². The first kappa shape index (κ1) is 77.5. The highest BCUT2D eigenvalue weighted by molar-refractivity contribution is 7.65. The zero-order valence-corrected chi connectivity index (χ0v) is 58.9. The highest BCUT2D eigenvalue weighted by Crippen LogP contribution is 2.34. The normalized spacial score (nSPS) is 11.4. The van der Waals surface area contributed by atoms with E-state index in [0.717, 1.165) is 16.9 Å². The average molecular weight is 1490 g/mol. The Balaban J connectivity index is 0.000000167. The molecule has 0 aliphatic rings. The van der Waals surface area contributed by atoms with Crippen LogP contribution >= 0.6 is 7.37 Å². The number of nitrogens with zero attached hydrogens (tertiary/aromatic N) is 16. The molecule has 22 N–H and O–H groups in total. The number of hydrogen-bond acceptors (Lipinski definition) is 38. The van der Waals surface area contributed by atoms with Crippen molar-refractivity contribution in [1.29, 1.82) is 0 Å². The minimum absolute atomic E-state index is 0.0182. The van der Waals surface area contributed by atoms with Crippen molar-refractivity contribution in [3.63, 3.8) is 0 Å². The molecule has 0 saturated heterocycles. The van der Waals surface area contributed by atoms with Crippen LogP contribution in [0.15, 0.2) is 122 Å². The van der Waals surface area contributed by atoms with E-state index in [1.54, 1.807) is 92.2 Å². The lowest BCUT2D eigenvalue weighted by Crippen LogP contribution is -2.15. The van der Waals surface area contributed by atoms with Crippen LogP contribution in [0.5, 0.6) is 11.5 Å². The number of allylic oxidation sites excluding steroid dienone is 1. The molecule has 0 saturated carbocycles. The number of nitrogen functional groups attached to an aromatic ring is 7. The molecule has 0 fully saturated rings. The van der Waals surface area contributed by atoms with Crippen molar-refractivity contribution in [2.75, 3.05) is 95.5 Å². The van der Waals surface area contributed by atoms with Gasteiger partial charge in [-0.2, -0.15) is 29.9 Å². The Labute approximate surface area is 611 Å². The Hall–Kier alpha value is -14.7. The largest absolute Gasteiger partial charge is 0.508 e. The maximum absolute atomic E-state index is 11.9. The van der Waals surface area contributed by atoms with Crippen LogP contribution in [0.3, 0.4) is 0 Å². The van der Waals surface area contributed by atoms with Gasteiger partial charge in [-0.1, -0.05) is 18.7 Å². The molecule has 556 valence electrons. The maximum atomic E-state index is 11.9. The Bertz CT molecular complexity index is 5450. The number of ether oxygens (including phenoxy) is 4. The molecule has 0 spiro atoms. The number of aryl methyl sites for hydroxylation is 1. The van der Waals surface area contributed by atoms with Gasteiger partial charge >= 0.3 is 17.9 Å². The van der Waals surface area contributed by atoms with Gasteiger partial charge in [0.25, 0.3) is 0 Å². The monoisotopic (exact) mass is 1490 g/mol. The maximum Gasteiger partial charge on any atom is 0.343 e. The first-order chi connectivity index (χ1) is 51.5. The fourth-order valence-electron chi connectivity index (χ4n) is 9.31. The number of aliphatic hydroxyl groups is 2. The number of aliphatic carboxylic acids is 1. The molecule has 0 bridgehead atoms. The number of aliphatic hydroxyl groups excluding tert-OH is 2. The second-order valence-electron chi connectivity index (χ2n) is 22.6. The van der Waals surface area contributed by atoms with E-state index in [1.807, 2.05) is 12.1 Å². The number of carbonyl (C=O) groups excluding carboxylic acids is 3. The third kappa shape index (κ3) is 21.2.